The monoisotopic (exact) mass is 197 g/mol. The Morgan fingerprint density at radius 1 is 1.14 bits per heavy atom. The molecular weight excluding hydrogens is 170 g/mol. The van der Waals surface area contributed by atoms with E-state index in [2.05, 4.69) is 6.92 Å². The molecule has 1 aliphatic carbocycles. The van der Waals surface area contributed by atoms with Gasteiger partial charge in [-0.15, -0.1) is 0 Å². The molecule has 0 bridgehead atoms. The topological polar surface area (TPSA) is 26.0 Å². The minimum atomic E-state index is 0.488. The van der Waals surface area contributed by atoms with E-state index in [-0.39, 0.29) is 0 Å². The van der Waals surface area contributed by atoms with Gasteiger partial charge in [0.25, 0.3) is 0 Å². The first-order valence-corrected chi connectivity index (χ1v) is 6.58. The highest BCUT2D eigenvalue weighted by atomic mass is 14.6. The first kappa shape index (κ1) is 12.0. The third-order valence-electron chi connectivity index (χ3n) is 3.60. The Bertz CT molecular complexity index is 127. The highest BCUT2D eigenvalue weighted by Gasteiger charge is 2.15. The van der Waals surface area contributed by atoms with Crippen molar-refractivity contribution in [1.82, 2.24) is 0 Å². The third-order valence-corrected chi connectivity index (χ3v) is 3.60. The molecule has 1 heteroatoms. The van der Waals surface area contributed by atoms with Gasteiger partial charge in [0.1, 0.15) is 0 Å². The number of rotatable bonds is 7. The molecule has 0 aromatic rings. The lowest BCUT2D eigenvalue weighted by Gasteiger charge is -2.14. The van der Waals surface area contributed by atoms with Crippen molar-refractivity contribution in [1.29, 1.82) is 0 Å². The zero-order valence-electron chi connectivity index (χ0n) is 9.80. The van der Waals surface area contributed by atoms with E-state index in [1.807, 2.05) is 0 Å². The van der Waals surface area contributed by atoms with Crippen molar-refractivity contribution >= 4 is 0 Å². The smallest absolute Gasteiger partial charge is 0.00389 e. The van der Waals surface area contributed by atoms with Crippen molar-refractivity contribution in [2.24, 2.45) is 11.7 Å². The van der Waals surface area contributed by atoms with Crippen LogP contribution in [0.1, 0.15) is 71.1 Å². The molecule has 0 saturated heterocycles. The highest BCUT2D eigenvalue weighted by molar-refractivity contribution is 4.70. The number of nitrogens with two attached hydrogens (primary N) is 1. The molecule has 1 saturated carbocycles. The standard InChI is InChI=1S/C13H27N/c1-2-3-4-9-13(14)11-10-12-7-5-6-8-12/h12-13H,2-11,14H2,1H3. The minimum absolute atomic E-state index is 0.488. The number of hydrogen-bond acceptors (Lipinski definition) is 1. The van der Waals surface area contributed by atoms with Crippen LogP contribution in [0.4, 0.5) is 0 Å². The van der Waals surface area contributed by atoms with Gasteiger partial charge < -0.3 is 5.73 Å². The summed E-state index contributed by atoms with van der Waals surface area (Å²) < 4.78 is 0. The van der Waals surface area contributed by atoms with Crippen LogP contribution < -0.4 is 5.73 Å². The van der Waals surface area contributed by atoms with Gasteiger partial charge in [-0.25, -0.2) is 0 Å². The molecule has 0 radical (unpaired) electrons. The second-order valence-electron chi connectivity index (χ2n) is 4.98. The van der Waals surface area contributed by atoms with Crippen LogP contribution in [0.15, 0.2) is 0 Å². The summed E-state index contributed by atoms with van der Waals surface area (Å²) in [6.07, 6.45) is 13.8. The molecule has 1 unspecified atom stereocenters. The van der Waals surface area contributed by atoms with Gasteiger partial charge in [0, 0.05) is 6.04 Å². The molecule has 0 heterocycles. The van der Waals surface area contributed by atoms with E-state index in [1.165, 1.54) is 64.2 Å². The van der Waals surface area contributed by atoms with Crippen molar-refractivity contribution in [3.8, 4) is 0 Å². The summed E-state index contributed by atoms with van der Waals surface area (Å²) in [7, 11) is 0. The van der Waals surface area contributed by atoms with E-state index in [0.717, 1.165) is 5.92 Å². The molecule has 1 nitrogen and oxygen atoms in total. The van der Waals surface area contributed by atoms with Gasteiger partial charge in [-0.3, -0.25) is 0 Å². The maximum absolute atomic E-state index is 6.09. The van der Waals surface area contributed by atoms with Crippen LogP contribution in [0, 0.1) is 5.92 Å². The van der Waals surface area contributed by atoms with Crippen LogP contribution in [0.25, 0.3) is 0 Å². The minimum Gasteiger partial charge on any atom is -0.328 e. The molecular formula is C13H27N. The summed E-state index contributed by atoms with van der Waals surface area (Å²) in [6.45, 7) is 2.25. The Labute approximate surface area is 89.5 Å². The lowest BCUT2D eigenvalue weighted by molar-refractivity contribution is 0.429. The first-order valence-electron chi connectivity index (χ1n) is 6.58. The average molecular weight is 197 g/mol. The second-order valence-corrected chi connectivity index (χ2v) is 4.98. The molecule has 1 fully saturated rings. The van der Waals surface area contributed by atoms with E-state index in [9.17, 15) is 0 Å². The van der Waals surface area contributed by atoms with E-state index in [1.54, 1.807) is 0 Å². The Morgan fingerprint density at radius 3 is 2.50 bits per heavy atom. The molecule has 0 aromatic heterocycles. The Hall–Kier alpha value is -0.0400. The normalized spacial score (nSPS) is 20.1. The van der Waals surface area contributed by atoms with Crippen LogP contribution >= 0.6 is 0 Å². The van der Waals surface area contributed by atoms with Crippen LogP contribution in [-0.4, -0.2) is 6.04 Å². The Balaban J connectivity index is 1.93. The quantitative estimate of drug-likeness (QED) is 0.616. The lowest BCUT2D eigenvalue weighted by atomic mass is 9.96. The van der Waals surface area contributed by atoms with Crippen molar-refractivity contribution < 1.29 is 0 Å². The summed E-state index contributed by atoms with van der Waals surface area (Å²) in [5.74, 6) is 1.02. The molecule has 84 valence electrons. The first-order chi connectivity index (χ1) is 6.83. The van der Waals surface area contributed by atoms with E-state index < -0.39 is 0 Å². The average Bonchev–Trinajstić information content (AvgIpc) is 2.68. The van der Waals surface area contributed by atoms with Crippen molar-refractivity contribution in [3.63, 3.8) is 0 Å². The fourth-order valence-electron chi connectivity index (χ4n) is 2.55. The maximum atomic E-state index is 6.09. The van der Waals surface area contributed by atoms with Gasteiger partial charge in [0.2, 0.25) is 0 Å². The molecule has 14 heavy (non-hydrogen) atoms. The highest BCUT2D eigenvalue weighted by Crippen LogP contribution is 2.29. The summed E-state index contributed by atoms with van der Waals surface area (Å²) in [5.41, 5.74) is 6.09. The van der Waals surface area contributed by atoms with Gasteiger partial charge >= 0.3 is 0 Å². The van der Waals surface area contributed by atoms with E-state index in [4.69, 9.17) is 5.73 Å². The summed E-state index contributed by atoms with van der Waals surface area (Å²) >= 11 is 0. The van der Waals surface area contributed by atoms with Gasteiger partial charge in [-0.1, -0.05) is 51.9 Å². The second kappa shape index (κ2) is 7.28. The summed E-state index contributed by atoms with van der Waals surface area (Å²) in [4.78, 5) is 0. The Morgan fingerprint density at radius 2 is 1.86 bits per heavy atom. The molecule has 0 aliphatic heterocycles. The van der Waals surface area contributed by atoms with Crippen LogP contribution in [-0.2, 0) is 0 Å². The molecule has 0 aromatic carbocycles. The van der Waals surface area contributed by atoms with E-state index >= 15 is 0 Å². The van der Waals surface area contributed by atoms with Gasteiger partial charge in [-0.2, -0.15) is 0 Å². The fraction of sp³-hybridized carbons (Fsp3) is 1.00. The molecule has 1 aliphatic rings. The maximum Gasteiger partial charge on any atom is 0.00389 e. The van der Waals surface area contributed by atoms with Gasteiger partial charge in [0.15, 0.2) is 0 Å². The van der Waals surface area contributed by atoms with Crippen molar-refractivity contribution in [2.75, 3.05) is 0 Å². The number of unbranched alkanes of at least 4 members (excludes halogenated alkanes) is 2. The summed E-state index contributed by atoms with van der Waals surface area (Å²) in [5, 5.41) is 0. The Kier molecular flexibility index (Phi) is 6.25. The molecule has 0 amide bonds. The van der Waals surface area contributed by atoms with Crippen LogP contribution in [0.5, 0.6) is 0 Å². The molecule has 2 N–H and O–H groups in total. The SMILES string of the molecule is CCCCCC(N)CCC1CCCC1. The fourth-order valence-corrected chi connectivity index (χ4v) is 2.55. The van der Waals surface area contributed by atoms with Crippen molar-refractivity contribution in [3.05, 3.63) is 0 Å². The van der Waals surface area contributed by atoms with Crippen LogP contribution in [0.2, 0.25) is 0 Å². The third kappa shape index (κ3) is 4.99. The van der Waals surface area contributed by atoms with Gasteiger partial charge in [-0.05, 0) is 25.2 Å². The summed E-state index contributed by atoms with van der Waals surface area (Å²) in [6, 6.07) is 0.488. The van der Waals surface area contributed by atoms with E-state index in [0.29, 0.717) is 6.04 Å². The zero-order chi connectivity index (χ0) is 10.2. The predicted octanol–water partition coefficient (Wildman–Crippen LogP) is 3.86. The molecule has 0 spiro atoms. The zero-order valence-corrected chi connectivity index (χ0v) is 9.80. The molecule has 1 atom stereocenters. The largest absolute Gasteiger partial charge is 0.328 e. The van der Waals surface area contributed by atoms with Crippen LogP contribution in [0.3, 0.4) is 0 Å². The lowest BCUT2D eigenvalue weighted by Crippen LogP contribution is -2.20. The van der Waals surface area contributed by atoms with Gasteiger partial charge in [0.05, 0.1) is 0 Å². The predicted molar refractivity (Wildman–Crippen MR) is 63.3 cm³/mol. The molecule has 1 rings (SSSR count). The number of hydrogen-bond donors (Lipinski definition) is 1. The van der Waals surface area contributed by atoms with Crippen molar-refractivity contribution in [2.45, 2.75) is 77.2 Å².